The molecule has 2 fully saturated rings. The van der Waals surface area contributed by atoms with Gasteiger partial charge in [-0.1, -0.05) is 0 Å². The minimum absolute atomic E-state index is 0.0402. The molecule has 1 aromatic rings. The van der Waals surface area contributed by atoms with Gasteiger partial charge in [-0.15, -0.1) is 0 Å². The number of hydrogen-bond acceptors (Lipinski definition) is 8. The van der Waals surface area contributed by atoms with Crippen molar-refractivity contribution in [1.29, 1.82) is 0 Å². The molecular weight excluding hydrogens is 434 g/mol. The standard InChI is InChI=1S/C21H27N5O5S/c1-21(2,3)31-19(29)23-8-6-16(27)25-9-11-26(12-10-25)17-14(5-4-7-22-17)13-15-18(28)24-20(30)32-15/h4-5,7,13H,6,8-12H2,1-3H3,(H,23,29)(H,24,28,30)/b15-13-. The molecule has 1 aromatic heterocycles. The van der Waals surface area contributed by atoms with Gasteiger partial charge in [0.15, 0.2) is 0 Å². The van der Waals surface area contributed by atoms with Crippen molar-refractivity contribution in [3.05, 3.63) is 28.8 Å². The Kier molecular flexibility index (Phi) is 7.39. The Morgan fingerprint density at radius 1 is 1.25 bits per heavy atom. The van der Waals surface area contributed by atoms with Crippen molar-refractivity contribution < 1.29 is 23.9 Å². The number of carbonyl (C=O) groups is 4. The van der Waals surface area contributed by atoms with E-state index in [1.807, 2.05) is 6.07 Å². The van der Waals surface area contributed by atoms with Crippen LogP contribution >= 0.6 is 11.8 Å². The van der Waals surface area contributed by atoms with Crippen LogP contribution in [0.3, 0.4) is 0 Å². The van der Waals surface area contributed by atoms with Crippen LogP contribution in [0.5, 0.6) is 0 Å². The van der Waals surface area contributed by atoms with Crippen molar-refractivity contribution in [2.75, 3.05) is 37.6 Å². The third-order valence-corrected chi connectivity index (χ3v) is 5.50. The van der Waals surface area contributed by atoms with Gasteiger partial charge < -0.3 is 19.9 Å². The van der Waals surface area contributed by atoms with Gasteiger partial charge in [-0.25, -0.2) is 9.78 Å². The number of imide groups is 1. The number of piperazine rings is 1. The van der Waals surface area contributed by atoms with E-state index in [9.17, 15) is 19.2 Å². The lowest BCUT2D eigenvalue weighted by Crippen LogP contribution is -2.49. The Balaban J connectivity index is 1.52. The van der Waals surface area contributed by atoms with E-state index in [0.717, 1.165) is 17.3 Å². The highest BCUT2D eigenvalue weighted by molar-refractivity contribution is 8.18. The SMILES string of the molecule is CC(C)(C)OC(=O)NCCC(=O)N1CCN(c2ncccc2/C=C2\SC(=O)NC2=O)CC1. The number of nitrogens with one attached hydrogen (secondary N) is 2. The highest BCUT2D eigenvalue weighted by Crippen LogP contribution is 2.29. The van der Waals surface area contributed by atoms with Gasteiger partial charge in [0.2, 0.25) is 5.91 Å². The van der Waals surface area contributed by atoms with E-state index in [0.29, 0.717) is 36.9 Å². The quantitative estimate of drug-likeness (QED) is 0.639. The summed E-state index contributed by atoms with van der Waals surface area (Å²) in [6.45, 7) is 7.75. The molecule has 2 aliphatic heterocycles. The summed E-state index contributed by atoms with van der Waals surface area (Å²) in [7, 11) is 0. The van der Waals surface area contributed by atoms with Gasteiger partial charge in [-0.2, -0.15) is 0 Å². The molecule has 0 bridgehead atoms. The van der Waals surface area contributed by atoms with Crippen molar-refractivity contribution in [1.82, 2.24) is 20.5 Å². The lowest BCUT2D eigenvalue weighted by Gasteiger charge is -2.36. The van der Waals surface area contributed by atoms with E-state index in [1.54, 1.807) is 44.0 Å². The highest BCUT2D eigenvalue weighted by atomic mass is 32.2. The lowest BCUT2D eigenvalue weighted by atomic mass is 10.2. The number of anilines is 1. The molecule has 0 spiro atoms. The monoisotopic (exact) mass is 461 g/mol. The fourth-order valence-corrected chi connectivity index (χ4v) is 3.93. The summed E-state index contributed by atoms with van der Waals surface area (Å²) in [6.07, 6.45) is 2.99. The lowest BCUT2D eigenvalue weighted by molar-refractivity contribution is -0.131. The largest absolute Gasteiger partial charge is 0.444 e. The normalized spacial score (nSPS) is 18.0. The molecule has 0 radical (unpaired) electrons. The van der Waals surface area contributed by atoms with E-state index >= 15 is 0 Å². The Labute approximate surface area is 190 Å². The smallest absolute Gasteiger partial charge is 0.407 e. The zero-order valence-electron chi connectivity index (χ0n) is 18.3. The van der Waals surface area contributed by atoms with Crippen molar-refractivity contribution >= 4 is 46.8 Å². The number of rotatable bonds is 5. The van der Waals surface area contributed by atoms with Gasteiger partial charge in [0.1, 0.15) is 11.4 Å². The van der Waals surface area contributed by atoms with Gasteiger partial charge in [-0.05, 0) is 50.7 Å². The molecule has 2 aliphatic rings. The van der Waals surface area contributed by atoms with Gasteiger partial charge >= 0.3 is 6.09 Å². The molecule has 4 amide bonds. The molecule has 2 saturated heterocycles. The second-order valence-electron chi connectivity index (χ2n) is 8.31. The first kappa shape index (κ1) is 23.6. The summed E-state index contributed by atoms with van der Waals surface area (Å²) >= 11 is 0.864. The number of carbonyl (C=O) groups excluding carboxylic acids is 4. The Morgan fingerprint density at radius 2 is 1.97 bits per heavy atom. The predicted octanol–water partition coefficient (Wildman–Crippen LogP) is 1.97. The van der Waals surface area contributed by atoms with Crippen molar-refractivity contribution in [3.63, 3.8) is 0 Å². The van der Waals surface area contributed by atoms with E-state index < -0.39 is 17.6 Å². The van der Waals surface area contributed by atoms with E-state index in [-0.39, 0.29) is 24.1 Å². The second kappa shape index (κ2) is 10.0. The zero-order valence-corrected chi connectivity index (χ0v) is 19.2. The molecule has 10 nitrogen and oxygen atoms in total. The van der Waals surface area contributed by atoms with Crippen LogP contribution in [0.2, 0.25) is 0 Å². The topological polar surface area (TPSA) is 121 Å². The van der Waals surface area contributed by atoms with Gasteiger partial charge in [0.05, 0.1) is 4.91 Å². The van der Waals surface area contributed by atoms with Crippen LogP contribution in [0.1, 0.15) is 32.8 Å². The van der Waals surface area contributed by atoms with Crippen molar-refractivity contribution in [2.45, 2.75) is 32.8 Å². The maximum Gasteiger partial charge on any atom is 0.407 e. The molecule has 0 aromatic carbocycles. The minimum Gasteiger partial charge on any atom is -0.444 e. The molecule has 0 unspecified atom stereocenters. The van der Waals surface area contributed by atoms with Crippen LogP contribution < -0.4 is 15.5 Å². The molecule has 3 heterocycles. The maximum absolute atomic E-state index is 12.5. The summed E-state index contributed by atoms with van der Waals surface area (Å²) in [6, 6.07) is 3.61. The van der Waals surface area contributed by atoms with E-state index in [1.165, 1.54) is 0 Å². The second-order valence-corrected chi connectivity index (χ2v) is 9.33. The number of nitrogens with zero attached hydrogens (tertiary/aromatic N) is 3. The molecule has 2 N–H and O–H groups in total. The predicted molar refractivity (Wildman–Crippen MR) is 121 cm³/mol. The summed E-state index contributed by atoms with van der Waals surface area (Å²) in [5, 5.41) is 4.45. The molecule has 0 atom stereocenters. The van der Waals surface area contributed by atoms with Gasteiger partial charge in [-0.3, -0.25) is 19.7 Å². The van der Waals surface area contributed by atoms with Crippen LogP contribution in [0.4, 0.5) is 15.4 Å². The summed E-state index contributed by atoms with van der Waals surface area (Å²) in [5.41, 5.74) is 0.154. The average molecular weight is 462 g/mol. The van der Waals surface area contributed by atoms with Gasteiger partial charge in [0.25, 0.3) is 11.1 Å². The van der Waals surface area contributed by atoms with Crippen LogP contribution in [-0.2, 0) is 14.3 Å². The number of aromatic nitrogens is 1. The van der Waals surface area contributed by atoms with Crippen molar-refractivity contribution in [3.8, 4) is 0 Å². The summed E-state index contributed by atoms with van der Waals surface area (Å²) in [5.74, 6) is 0.248. The average Bonchev–Trinajstić information content (AvgIpc) is 3.04. The third kappa shape index (κ3) is 6.46. The first-order chi connectivity index (χ1) is 15.1. The molecule has 32 heavy (non-hydrogen) atoms. The number of ether oxygens (including phenoxy) is 1. The molecule has 172 valence electrons. The summed E-state index contributed by atoms with van der Waals surface area (Å²) in [4.78, 5) is 56.0. The first-order valence-corrected chi connectivity index (χ1v) is 11.1. The van der Waals surface area contributed by atoms with Crippen LogP contribution in [0.25, 0.3) is 6.08 Å². The Bertz CT molecular complexity index is 935. The minimum atomic E-state index is -0.583. The van der Waals surface area contributed by atoms with Crippen molar-refractivity contribution in [2.24, 2.45) is 0 Å². The number of amides is 4. The molecular formula is C21H27N5O5S. The highest BCUT2D eigenvalue weighted by Gasteiger charge is 2.27. The van der Waals surface area contributed by atoms with Crippen LogP contribution in [-0.4, -0.2) is 71.4 Å². The van der Waals surface area contributed by atoms with Crippen LogP contribution in [0.15, 0.2) is 23.2 Å². The Hall–Kier alpha value is -3.08. The molecule has 0 saturated carbocycles. The Morgan fingerprint density at radius 3 is 2.59 bits per heavy atom. The molecule has 3 rings (SSSR count). The molecule has 11 heteroatoms. The fraction of sp³-hybridized carbons (Fsp3) is 0.476. The number of pyridine rings is 1. The van der Waals surface area contributed by atoms with E-state index in [2.05, 4.69) is 20.5 Å². The van der Waals surface area contributed by atoms with Crippen LogP contribution in [0, 0.1) is 0 Å². The number of thioether (sulfide) groups is 1. The number of hydrogen-bond donors (Lipinski definition) is 2. The van der Waals surface area contributed by atoms with Gasteiger partial charge in [0, 0.05) is 50.9 Å². The van der Waals surface area contributed by atoms with E-state index in [4.69, 9.17) is 4.74 Å². The first-order valence-electron chi connectivity index (χ1n) is 10.3. The third-order valence-electron chi connectivity index (χ3n) is 4.68. The fourth-order valence-electron chi connectivity index (χ4n) is 3.26. The molecule has 0 aliphatic carbocycles. The zero-order chi connectivity index (χ0) is 23.3. The summed E-state index contributed by atoms with van der Waals surface area (Å²) < 4.78 is 5.16. The maximum atomic E-state index is 12.5. The number of alkyl carbamates (subject to hydrolysis) is 1.